The van der Waals surface area contributed by atoms with Gasteiger partial charge in [-0.05, 0) is 41.8 Å². The van der Waals surface area contributed by atoms with Crippen molar-refractivity contribution >= 4 is 11.8 Å². The number of hydrogen-bond donors (Lipinski definition) is 4. The van der Waals surface area contributed by atoms with E-state index in [-0.39, 0.29) is 12.5 Å². The number of hydrogen-bond acceptors (Lipinski definition) is 4. The second kappa shape index (κ2) is 9.70. The van der Waals surface area contributed by atoms with Crippen LogP contribution in [0.1, 0.15) is 29.8 Å². The van der Waals surface area contributed by atoms with Gasteiger partial charge in [0.2, 0.25) is 0 Å². The quantitative estimate of drug-likeness (QED) is 0.431. The molecule has 2 aromatic rings. The van der Waals surface area contributed by atoms with E-state index in [1.54, 1.807) is 17.6 Å². The minimum absolute atomic E-state index is 0.233. The average Bonchev–Trinajstić information content (AvgIpc) is 2.70. The first-order valence-electron chi connectivity index (χ1n) is 8.74. The van der Waals surface area contributed by atoms with Gasteiger partial charge in [-0.2, -0.15) is 0 Å². The Hall–Kier alpha value is -2.70. The number of hydroxylamine groups is 1. The van der Waals surface area contributed by atoms with Gasteiger partial charge in [0, 0.05) is 12.1 Å². The predicted octanol–water partition coefficient (Wildman–Crippen LogP) is 2.13. The van der Waals surface area contributed by atoms with Crippen molar-refractivity contribution in [3.63, 3.8) is 0 Å². The minimum Gasteiger partial charge on any atom is -0.339 e. The second-order valence-corrected chi connectivity index (χ2v) is 5.94. The van der Waals surface area contributed by atoms with E-state index in [1.165, 1.54) is 5.56 Å². The zero-order valence-electron chi connectivity index (χ0n) is 15.1. The lowest BCUT2D eigenvalue weighted by Crippen LogP contribution is -2.51. The van der Waals surface area contributed by atoms with E-state index >= 15 is 0 Å². The summed E-state index contributed by atoms with van der Waals surface area (Å²) >= 11 is 0. The van der Waals surface area contributed by atoms with Crippen LogP contribution in [0.2, 0.25) is 0 Å². The van der Waals surface area contributed by atoms with Gasteiger partial charge in [0.05, 0.1) is 0 Å². The SMILES string of the molecule is CCNCC(NC(=O)c1ccc(-c2ccc(CC)cc2)cc1)C(=O)NO. The number of benzene rings is 2. The largest absolute Gasteiger partial charge is 0.339 e. The molecule has 0 heterocycles. The van der Waals surface area contributed by atoms with Crippen LogP contribution in [0.4, 0.5) is 0 Å². The van der Waals surface area contributed by atoms with Crippen molar-refractivity contribution in [3.05, 3.63) is 59.7 Å². The van der Waals surface area contributed by atoms with Gasteiger partial charge in [0.25, 0.3) is 11.8 Å². The van der Waals surface area contributed by atoms with Crippen molar-refractivity contribution < 1.29 is 14.8 Å². The molecule has 1 unspecified atom stereocenters. The minimum atomic E-state index is -0.853. The van der Waals surface area contributed by atoms with Crippen LogP contribution >= 0.6 is 0 Å². The maximum absolute atomic E-state index is 12.4. The van der Waals surface area contributed by atoms with E-state index in [2.05, 4.69) is 41.8 Å². The van der Waals surface area contributed by atoms with Crippen molar-refractivity contribution in [2.45, 2.75) is 26.3 Å². The van der Waals surface area contributed by atoms with Crippen molar-refractivity contribution in [1.82, 2.24) is 16.1 Å². The fraction of sp³-hybridized carbons (Fsp3) is 0.300. The summed E-state index contributed by atoms with van der Waals surface area (Å²) in [4.78, 5) is 24.0. The highest BCUT2D eigenvalue weighted by atomic mass is 16.5. The molecule has 26 heavy (non-hydrogen) atoms. The van der Waals surface area contributed by atoms with Gasteiger partial charge >= 0.3 is 0 Å². The number of carbonyl (C=O) groups excluding carboxylic acids is 2. The maximum atomic E-state index is 12.4. The number of rotatable bonds is 8. The van der Waals surface area contributed by atoms with Crippen LogP contribution in [0.15, 0.2) is 48.5 Å². The van der Waals surface area contributed by atoms with Gasteiger partial charge in [0.15, 0.2) is 0 Å². The van der Waals surface area contributed by atoms with E-state index in [4.69, 9.17) is 5.21 Å². The number of likely N-dealkylation sites (N-methyl/N-ethyl adjacent to an activating group) is 1. The van der Waals surface area contributed by atoms with Crippen LogP contribution in [0, 0.1) is 0 Å². The Labute approximate surface area is 153 Å². The number of carbonyl (C=O) groups is 2. The fourth-order valence-corrected chi connectivity index (χ4v) is 2.56. The van der Waals surface area contributed by atoms with Crippen LogP contribution in [0.5, 0.6) is 0 Å². The number of aryl methyl sites for hydroxylation is 1. The van der Waals surface area contributed by atoms with Crippen LogP contribution in [0.3, 0.4) is 0 Å². The molecular weight excluding hydrogens is 330 g/mol. The lowest BCUT2D eigenvalue weighted by atomic mass is 10.0. The Morgan fingerprint density at radius 1 is 0.962 bits per heavy atom. The normalized spacial score (nSPS) is 11.7. The van der Waals surface area contributed by atoms with Crippen LogP contribution in [0.25, 0.3) is 11.1 Å². The Kier molecular flexibility index (Phi) is 7.32. The highest BCUT2D eigenvalue weighted by Crippen LogP contribution is 2.20. The Morgan fingerprint density at radius 3 is 2.04 bits per heavy atom. The number of nitrogens with one attached hydrogen (secondary N) is 3. The molecule has 6 heteroatoms. The van der Waals surface area contributed by atoms with Crippen LogP contribution in [-0.4, -0.2) is 36.2 Å². The molecule has 0 saturated heterocycles. The van der Waals surface area contributed by atoms with Crippen molar-refractivity contribution in [2.24, 2.45) is 0 Å². The predicted molar refractivity (Wildman–Crippen MR) is 101 cm³/mol. The molecule has 4 N–H and O–H groups in total. The van der Waals surface area contributed by atoms with Crippen molar-refractivity contribution in [2.75, 3.05) is 13.1 Å². The molecule has 0 radical (unpaired) electrons. The third kappa shape index (κ3) is 5.15. The lowest BCUT2D eigenvalue weighted by Gasteiger charge is -2.17. The molecular formula is C20H25N3O3. The summed E-state index contributed by atoms with van der Waals surface area (Å²) in [6, 6.07) is 14.7. The van der Waals surface area contributed by atoms with Gasteiger partial charge in [0.1, 0.15) is 6.04 Å². The summed E-state index contributed by atoms with van der Waals surface area (Å²) in [5.74, 6) is -1.03. The summed E-state index contributed by atoms with van der Waals surface area (Å²) < 4.78 is 0. The molecule has 0 saturated carbocycles. The van der Waals surface area contributed by atoms with Gasteiger partial charge in [-0.25, -0.2) is 5.48 Å². The molecule has 138 valence electrons. The summed E-state index contributed by atoms with van der Waals surface area (Å²) in [5, 5.41) is 14.4. The zero-order valence-corrected chi connectivity index (χ0v) is 15.1. The number of amides is 2. The van der Waals surface area contributed by atoms with Crippen LogP contribution in [-0.2, 0) is 11.2 Å². The first-order valence-corrected chi connectivity index (χ1v) is 8.74. The standard InChI is InChI=1S/C20H25N3O3/c1-3-14-5-7-15(8-6-14)16-9-11-17(12-10-16)19(24)22-18(13-21-4-2)20(25)23-26/h5-12,18,21,26H,3-4,13H2,1-2H3,(H,22,24)(H,23,25). The Bertz CT molecular complexity index is 727. The van der Waals surface area contributed by atoms with E-state index in [0.717, 1.165) is 17.5 Å². The van der Waals surface area contributed by atoms with E-state index in [9.17, 15) is 9.59 Å². The van der Waals surface area contributed by atoms with Gasteiger partial charge in [-0.1, -0.05) is 50.2 Å². The smallest absolute Gasteiger partial charge is 0.267 e. The molecule has 2 rings (SSSR count). The highest BCUT2D eigenvalue weighted by molar-refractivity contribution is 5.97. The fourth-order valence-electron chi connectivity index (χ4n) is 2.56. The van der Waals surface area contributed by atoms with E-state index < -0.39 is 11.9 Å². The van der Waals surface area contributed by atoms with E-state index in [0.29, 0.717) is 12.1 Å². The molecule has 0 aliphatic carbocycles. The first kappa shape index (κ1) is 19.6. The summed E-state index contributed by atoms with van der Waals surface area (Å²) in [6.45, 7) is 4.89. The third-order valence-corrected chi connectivity index (χ3v) is 4.17. The summed E-state index contributed by atoms with van der Waals surface area (Å²) in [6.07, 6.45) is 0.995. The summed E-state index contributed by atoms with van der Waals surface area (Å²) in [5.41, 5.74) is 5.40. The van der Waals surface area contributed by atoms with Gasteiger partial charge in [-0.15, -0.1) is 0 Å². The van der Waals surface area contributed by atoms with Crippen molar-refractivity contribution in [1.29, 1.82) is 0 Å². The van der Waals surface area contributed by atoms with E-state index in [1.807, 2.05) is 19.1 Å². The molecule has 6 nitrogen and oxygen atoms in total. The molecule has 0 aliphatic heterocycles. The second-order valence-electron chi connectivity index (χ2n) is 5.94. The summed E-state index contributed by atoms with van der Waals surface area (Å²) in [7, 11) is 0. The maximum Gasteiger partial charge on any atom is 0.267 e. The average molecular weight is 355 g/mol. The Balaban J connectivity index is 2.08. The van der Waals surface area contributed by atoms with Crippen LogP contribution < -0.4 is 16.1 Å². The van der Waals surface area contributed by atoms with Gasteiger partial charge in [-0.3, -0.25) is 14.8 Å². The molecule has 0 aliphatic rings. The molecule has 0 spiro atoms. The third-order valence-electron chi connectivity index (χ3n) is 4.17. The molecule has 1 atom stereocenters. The topological polar surface area (TPSA) is 90.5 Å². The molecule has 0 aromatic heterocycles. The Morgan fingerprint density at radius 2 is 1.54 bits per heavy atom. The monoisotopic (exact) mass is 355 g/mol. The molecule has 0 fully saturated rings. The highest BCUT2D eigenvalue weighted by Gasteiger charge is 2.20. The molecule has 2 amide bonds. The lowest BCUT2D eigenvalue weighted by molar-refractivity contribution is -0.131. The van der Waals surface area contributed by atoms with Crippen molar-refractivity contribution in [3.8, 4) is 11.1 Å². The zero-order chi connectivity index (χ0) is 18.9. The molecule has 0 bridgehead atoms. The molecule has 2 aromatic carbocycles. The first-order chi connectivity index (χ1) is 12.6. The van der Waals surface area contributed by atoms with Gasteiger partial charge < -0.3 is 10.6 Å².